The summed E-state index contributed by atoms with van der Waals surface area (Å²) in [5, 5.41) is 10.7. The molecule has 1 N–H and O–H groups in total. The third-order valence-electron chi connectivity index (χ3n) is 4.78. The van der Waals surface area contributed by atoms with Gasteiger partial charge in [0.25, 0.3) is 5.56 Å². The van der Waals surface area contributed by atoms with E-state index in [9.17, 15) is 9.59 Å². The van der Waals surface area contributed by atoms with Gasteiger partial charge < -0.3 is 14.8 Å². The molecular weight excluding hydrogens is 404 g/mol. The van der Waals surface area contributed by atoms with Crippen molar-refractivity contribution in [1.29, 1.82) is 0 Å². The van der Waals surface area contributed by atoms with E-state index >= 15 is 0 Å². The van der Waals surface area contributed by atoms with E-state index in [1.54, 1.807) is 25.2 Å². The Bertz CT molecular complexity index is 1340. The van der Waals surface area contributed by atoms with Gasteiger partial charge >= 0.3 is 0 Å². The highest BCUT2D eigenvalue weighted by molar-refractivity contribution is 7.14. The number of aromatic nitrogens is 3. The second-order valence-corrected chi connectivity index (χ2v) is 7.61. The molecule has 2 aromatic heterocycles. The van der Waals surface area contributed by atoms with Gasteiger partial charge in [-0.2, -0.15) is 5.10 Å². The Morgan fingerprint density at radius 2 is 1.97 bits per heavy atom. The lowest BCUT2D eigenvalue weighted by Crippen LogP contribution is -2.24. The van der Waals surface area contributed by atoms with E-state index in [0.29, 0.717) is 33.1 Å². The van der Waals surface area contributed by atoms with Gasteiger partial charge in [-0.1, -0.05) is 18.2 Å². The molecular formula is C21H16N4O4S. The number of ether oxygens (including phenoxy) is 2. The van der Waals surface area contributed by atoms with E-state index in [4.69, 9.17) is 9.47 Å². The fraction of sp³-hybridized carbons (Fsp3) is 0.143. The molecule has 0 radical (unpaired) electrons. The van der Waals surface area contributed by atoms with Crippen molar-refractivity contribution in [3.05, 3.63) is 63.9 Å². The third kappa shape index (κ3) is 3.29. The summed E-state index contributed by atoms with van der Waals surface area (Å²) in [5.41, 5.74) is 1.96. The Kier molecular flexibility index (Phi) is 4.44. The zero-order valence-corrected chi connectivity index (χ0v) is 16.7. The van der Waals surface area contributed by atoms with E-state index < -0.39 is 0 Å². The molecule has 1 amide bonds. The molecule has 0 atom stereocenters. The second-order valence-electron chi connectivity index (χ2n) is 6.75. The first-order valence-corrected chi connectivity index (χ1v) is 10.1. The SMILES string of the molecule is Cn1nc(CC(=O)Nc2nc(-c3ccc4c(c3)OCO4)cs2)c2ccccc2c1=O. The van der Waals surface area contributed by atoms with Crippen LogP contribution in [-0.4, -0.2) is 27.5 Å². The van der Waals surface area contributed by atoms with E-state index in [0.717, 1.165) is 11.3 Å². The van der Waals surface area contributed by atoms with Crippen LogP contribution in [0.15, 0.2) is 52.6 Å². The number of amides is 1. The summed E-state index contributed by atoms with van der Waals surface area (Å²) in [6.07, 6.45) is 0.0353. The lowest BCUT2D eigenvalue weighted by atomic mass is 10.1. The zero-order chi connectivity index (χ0) is 20.7. The molecule has 2 aromatic carbocycles. The van der Waals surface area contributed by atoms with E-state index in [2.05, 4.69) is 15.4 Å². The minimum atomic E-state index is -0.252. The maximum absolute atomic E-state index is 12.6. The van der Waals surface area contributed by atoms with Gasteiger partial charge in [-0.3, -0.25) is 9.59 Å². The Morgan fingerprint density at radius 3 is 2.83 bits per heavy atom. The number of carbonyl (C=O) groups excluding carboxylic acids is 1. The van der Waals surface area contributed by atoms with Crippen molar-refractivity contribution in [1.82, 2.24) is 14.8 Å². The van der Waals surface area contributed by atoms with Crippen LogP contribution in [0.2, 0.25) is 0 Å². The van der Waals surface area contributed by atoms with Crippen LogP contribution in [0.4, 0.5) is 5.13 Å². The molecule has 30 heavy (non-hydrogen) atoms. The Balaban J connectivity index is 1.35. The average Bonchev–Trinajstić information content (AvgIpc) is 3.40. The first-order chi connectivity index (χ1) is 14.6. The van der Waals surface area contributed by atoms with Gasteiger partial charge in [-0.05, 0) is 24.3 Å². The van der Waals surface area contributed by atoms with Gasteiger partial charge in [-0.25, -0.2) is 9.67 Å². The predicted octanol–water partition coefficient (Wildman–Crippen LogP) is 2.97. The minimum Gasteiger partial charge on any atom is -0.454 e. The summed E-state index contributed by atoms with van der Waals surface area (Å²) < 4.78 is 12.0. The molecule has 9 heteroatoms. The van der Waals surface area contributed by atoms with E-state index in [1.807, 2.05) is 29.6 Å². The van der Waals surface area contributed by atoms with Gasteiger partial charge in [-0.15, -0.1) is 11.3 Å². The molecule has 5 rings (SSSR count). The van der Waals surface area contributed by atoms with Crippen LogP contribution >= 0.6 is 11.3 Å². The highest BCUT2D eigenvalue weighted by Gasteiger charge is 2.17. The molecule has 0 fully saturated rings. The smallest absolute Gasteiger partial charge is 0.274 e. The molecule has 1 aliphatic heterocycles. The molecule has 3 heterocycles. The van der Waals surface area contributed by atoms with E-state index in [-0.39, 0.29) is 24.7 Å². The number of rotatable bonds is 4. The predicted molar refractivity (Wildman–Crippen MR) is 113 cm³/mol. The van der Waals surface area contributed by atoms with Crippen LogP contribution in [0.5, 0.6) is 11.5 Å². The Labute approximate surface area is 174 Å². The van der Waals surface area contributed by atoms with Crippen molar-refractivity contribution < 1.29 is 14.3 Å². The average molecular weight is 420 g/mol. The molecule has 1 aliphatic rings. The van der Waals surface area contributed by atoms with Crippen molar-refractivity contribution in [2.24, 2.45) is 7.05 Å². The lowest BCUT2D eigenvalue weighted by molar-refractivity contribution is -0.115. The number of nitrogens with one attached hydrogen (secondary N) is 1. The normalized spacial score (nSPS) is 12.3. The monoisotopic (exact) mass is 420 g/mol. The zero-order valence-electron chi connectivity index (χ0n) is 15.9. The van der Waals surface area contributed by atoms with Gasteiger partial charge in [0.05, 0.1) is 23.2 Å². The van der Waals surface area contributed by atoms with Gasteiger partial charge in [0.2, 0.25) is 12.7 Å². The quantitative estimate of drug-likeness (QED) is 0.545. The van der Waals surface area contributed by atoms with Gasteiger partial charge in [0.1, 0.15) is 0 Å². The molecule has 0 saturated carbocycles. The Hall–Kier alpha value is -3.72. The Morgan fingerprint density at radius 1 is 1.17 bits per heavy atom. The van der Waals surface area contributed by atoms with Crippen molar-refractivity contribution in [2.75, 3.05) is 12.1 Å². The highest BCUT2D eigenvalue weighted by atomic mass is 32.1. The third-order valence-corrected chi connectivity index (χ3v) is 5.54. The fourth-order valence-corrected chi connectivity index (χ4v) is 4.08. The molecule has 0 aliphatic carbocycles. The maximum Gasteiger partial charge on any atom is 0.274 e. The highest BCUT2D eigenvalue weighted by Crippen LogP contribution is 2.36. The molecule has 0 spiro atoms. The molecule has 8 nitrogen and oxygen atoms in total. The fourth-order valence-electron chi connectivity index (χ4n) is 3.34. The minimum absolute atomic E-state index is 0.0353. The number of aryl methyl sites for hydroxylation is 1. The number of benzene rings is 2. The summed E-state index contributed by atoms with van der Waals surface area (Å²) in [6, 6.07) is 12.8. The van der Waals surface area contributed by atoms with Crippen molar-refractivity contribution in [3.8, 4) is 22.8 Å². The van der Waals surface area contributed by atoms with E-state index in [1.165, 1.54) is 16.0 Å². The van der Waals surface area contributed by atoms with Crippen LogP contribution in [0.1, 0.15) is 5.69 Å². The first kappa shape index (κ1) is 18.3. The molecule has 0 saturated heterocycles. The number of hydrogen-bond donors (Lipinski definition) is 1. The number of anilines is 1. The van der Waals surface area contributed by atoms with Crippen LogP contribution in [0.25, 0.3) is 22.0 Å². The summed E-state index contributed by atoms with van der Waals surface area (Å²) in [6.45, 7) is 0.213. The van der Waals surface area contributed by atoms with Crippen molar-refractivity contribution >= 4 is 33.1 Å². The number of nitrogens with zero attached hydrogens (tertiary/aromatic N) is 3. The first-order valence-electron chi connectivity index (χ1n) is 9.19. The standard InChI is InChI=1S/C21H16N4O4S/c1-25-20(27)14-5-3-2-4-13(14)15(24-25)9-19(26)23-21-22-16(10-30-21)12-6-7-17-18(8-12)29-11-28-17/h2-8,10H,9,11H2,1H3,(H,22,23,26). The molecule has 150 valence electrons. The molecule has 4 aromatic rings. The van der Waals surface area contributed by atoms with Gasteiger partial charge in [0, 0.05) is 23.4 Å². The van der Waals surface area contributed by atoms with Crippen molar-refractivity contribution in [3.63, 3.8) is 0 Å². The van der Waals surface area contributed by atoms with Crippen LogP contribution < -0.4 is 20.3 Å². The largest absolute Gasteiger partial charge is 0.454 e. The van der Waals surface area contributed by atoms with Crippen LogP contribution in [0.3, 0.4) is 0 Å². The van der Waals surface area contributed by atoms with Crippen LogP contribution in [-0.2, 0) is 18.3 Å². The maximum atomic E-state index is 12.6. The number of fused-ring (bicyclic) bond motifs is 2. The van der Waals surface area contributed by atoms with Crippen LogP contribution in [0, 0.1) is 0 Å². The topological polar surface area (TPSA) is 95.3 Å². The summed E-state index contributed by atoms with van der Waals surface area (Å²) in [4.78, 5) is 29.3. The number of thiazole rings is 1. The summed E-state index contributed by atoms with van der Waals surface area (Å²) in [5.74, 6) is 1.14. The van der Waals surface area contributed by atoms with Gasteiger partial charge in [0.15, 0.2) is 16.6 Å². The second kappa shape index (κ2) is 7.27. The number of carbonyl (C=O) groups is 1. The number of hydrogen-bond acceptors (Lipinski definition) is 7. The molecule has 0 unspecified atom stereocenters. The van der Waals surface area contributed by atoms with Crippen molar-refractivity contribution in [2.45, 2.75) is 6.42 Å². The lowest BCUT2D eigenvalue weighted by Gasteiger charge is -2.07. The summed E-state index contributed by atoms with van der Waals surface area (Å²) >= 11 is 1.34. The molecule has 0 bridgehead atoms. The summed E-state index contributed by atoms with van der Waals surface area (Å²) in [7, 11) is 1.58.